The van der Waals surface area contributed by atoms with E-state index in [4.69, 9.17) is 0 Å². The van der Waals surface area contributed by atoms with Crippen molar-refractivity contribution in [2.24, 2.45) is 0 Å². The summed E-state index contributed by atoms with van der Waals surface area (Å²) in [5.74, 6) is 4.68. The Morgan fingerprint density at radius 1 is 0.385 bits per heavy atom. The number of allylic oxidation sites excluding steroid dienone is 2. The number of nitrogens with one attached hydrogen (secondary N) is 1. The van der Waals surface area contributed by atoms with Crippen molar-refractivity contribution in [2.75, 3.05) is 4.90 Å². The van der Waals surface area contributed by atoms with E-state index in [1.807, 2.05) is 130 Å². The van der Waals surface area contributed by atoms with Crippen molar-refractivity contribution in [1.82, 2.24) is 56.9 Å². The van der Waals surface area contributed by atoms with Gasteiger partial charge in [-0.3, -0.25) is 19.7 Å². The number of aromatic nitrogens is 12. The van der Waals surface area contributed by atoms with E-state index in [2.05, 4.69) is 320 Å². The molecule has 13 aromatic heterocycles. The first-order valence-corrected chi connectivity index (χ1v) is 38.9. The van der Waals surface area contributed by atoms with Crippen LogP contribution in [0.3, 0.4) is 0 Å². The van der Waals surface area contributed by atoms with E-state index in [0.29, 0.717) is 53.8 Å². The summed E-state index contributed by atoms with van der Waals surface area (Å²) in [6.07, 6.45) is 42.9. The molecule has 18 rings (SSSR count). The van der Waals surface area contributed by atoms with Gasteiger partial charge in [0.2, 0.25) is 5.91 Å². The van der Waals surface area contributed by atoms with Gasteiger partial charge < -0.3 is 31.9 Å². The smallest absolute Gasteiger partial charge is 0.231 e. The number of carbonyl (C=O) groups excluding carboxylic acids is 1. The summed E-state index contributed by atoms with van der Waals surface area (Å²) in [7, 11) is 0. The minimum atomic E-state index is 0.219. The SMILES string of the molecule is CC(C)N1C(=O)Cc2ccccc21.CC(C)c1c[nH]c2ccccc12.CC(C)c1cccc2cccn12.CC(C)c1cccc2cncn12.CC(C)c1cccn2ccnc12.CC(C)c1cccn2cncc12.CC(C)c1cncc2c1C=CC2.CC(C)c1cncc2cccn12.CC(C)c1nccc2c1C=CC2. The Morgan fingerprint density at radius 3 is 1.64 bits per heavy atom. The number of hydrogen-bond donors (Lipinski definition) is 1. The van der Waals surface area contributed by atoms with E-state index >= 15 is 0 Å². The van der Waals surface area contributed by atoms with Crippen LogP contribution in [0, 0.1) is 0 Å². The highest BCUT2D eigenvalue weighted by atomic mass is 16.2. The molecule has 0 fully saturated rings. The Bertz CT molecular complexity index is 4910. The molecule has 0 saturated heterocycles. The van der Waals surface area contributed by atoms with Gasteiger partial charge in [-0.05, 0) is 203 Å². The number of nitrogens with zero attached hydrogens (tertiary/aromatic N) is 12. The fraction of sp³-hybridized carbons (Fsp3) is 0.316. The molecule has 109 heavy (non-hydrogen) atoms. The summed E-state index contributed by atoms with van der Waals surface area (Å²) in [6.45, 7) is 39.3. The molecule has 0 bridgehead atoms. The van der Waals surface area contributed by atoms with Crippen molar-refractivity contribution in [1.29, 1.82) is 0 Å². The van der Waals surface area contributed by atoms with Gasteiger partial charge in [-0.2, -0.15) is 0 Å². The van der Waals surface area contributed by atoms with Crippen LogP contribution >= 0.6 is 0 Å². The number of H-pyrrole nitrogens is 1. The van der Waals surface area contributed by atoms with Gasteiger partial charge in [0.1, 0.15) is 5.65 Å². The highest BCUT2D eigenvalue weighted by Crippen LogP contribution is 2.32. The number of rotatable bonds is 9. The van der Waals surface area contributed by atoms with E-state index in [9.17, 15) is 4.79 Å². The van der Waals surface area contributed by atoms with E-state index in [1.165, 1.54) is 100 Å². The maximum Gasteiger partial charge on any atom is 0.231 e. The molecule has 0 radical (unpaired) electrons. The summed E-state index contributed by atoms with van der Waals surface area (Å²) in [5, 5.41) is 1.35. The minimum absolute atomic E-state index is 0.219. The maximum absolute atomic E-state index is 11.6. The predicted molar refractivity (Wildman–Crippen MR) is 456 cm³/mol. The quantitative estimate of drug-likeness (QED) is 0.152. The zero-order chi connectivity index (χ0) is 77.8. The highest BCUT2D eigenvalue weighted by Gasteiger charge is 2.28. The van der Waals surface area contributed by atoms with Crippen LogP contribution in [0.4, 0.5) is 5.69 Å². The Balaban J connectivity index is 0.000000131. The number of aromatic amines is 1. The van der Waals surface area contributed by atoms with Crippen LogP contribution in [0.15, 0.2) is 251 Å². The second-order valence-electron chi connectivity index (χ2n) is 30.8. The van der Waals surface area contributed by atoms with Crippen LogP contribution in [0.25, 0.3) is 50.8 Å². The summed E-state index contributed by atoms with van der Waals surface area (Å²) < 4.78 is 10.7. The van der Waals surface area contributed by atoms with Gasteiger partial charge >= 0.3 is 0 Å². The van der Waals surface area contributed by atoms with Gasteiger partial charge in [0.25, 0.3) is 0 Å². The van der Waals surface area contributed by atoms with Crippen molar-refractivity contribution < 1.29 is 4.79 Å². The lowest BCUT2D eigenvalue weighted by atomic mass is 9.98. The third-order valence-electron chi connectivity index (χ3n) is 19.7. The molecule has 15 aromatic rings. The lowest BCUT2D eigenvalue weighted by Gasteiger charge is -2.21. The molecule has 2 aromatic carbocycles. The molecule has 14 heterocycles. The number of fused-ring (bicyclic) bond motifs is 9. The number of imidazole rings is 3. The van der Waals surface area contributed by atoms with Crippen LogP contribution in [0.2, 0.25) is 0 Å². The third-order valence-corrected chi connectivity index (χ3v) is 19.7. The van der Waals surface area contributed by atoms with Crippen molar-refractivity contribution in [3.8, 4) is 0 Å². The summed E-state index contributed by atoms with van der Waals surface area (Å²) in [5.41, 5.74) is 25.6. The van der Waals surface area contributed by atoms with Crippen molar-refractivity contribution in [2.45, 2.75) is 197 Å². The third kappa shape index (κ3) is 20.1. The average molecular weight is 1450 g/mol. The van der Waals surface area contributed by atoms with E-state index < -0.39 is 0 Å². The summed E-state index contributed by atoms with van der Waals surface area (Å²) in [6, 6.07) is 48.2. The molecule has 0 saturated carbocycles. The molecule has 3 aliphatic rings. The highest BCUT2D eigenvalue weighted by molar-refractivity contribution is 6.01. The summed E-state index contributed by atoms with van der Waals surface area (Å²) in [4.78, 5) is 42.1. The average Bonchev–Trinajstić information content (AvgIpc) is 2.02. The van der Waals surface area contributed by atoms with Gasteiger partial charge in [0.05, 0.1) is 59.9 Å². The number of benzene rings is 2. The normalized spacial score (nSPS) is 12.3. The predicted octanol–water partition coefficient (Wildman–Crippen LogP) is 23.7. The van der Waals surface area contributed by atoms with Crippen LogP contribution in [-0.4, -0.2) is 68.8 Å². The summed E-state index contributed by atoms with van der Waals surface area (Å²) >= 11 is 0. The Labute approximate surface area is 646 Å². The van der Waals surface area contributed by atoms with E-state index in [0.717, 1.165) is 29.7 Å². The van der Waals surface area contributed by atoms with Crippen LogP contribution in [0.5, 0.6) is 0 Å². The standard InChI is InChI=1S/C11H13NO.4C11H13N.4C10H12N2/c1-8(2)12-10-6-4-3-5-9(10)7-11(12)13;1-9(2)11-7-3-5-10-6-4-8-12(10)11;1-8(2)11-7-12-6-9-4-3-5-10(9)11;1-8(2)11-10-5-3-4-9(10)6-7-12-11;1-8(2)10-7-12-11-6-4-3-5-9(10)11;1-8(2)9-4-3-6-12-7-5-11-10(9)12;1-8(2)9-4-3-5-12-7-11-6-10(9)12;1-8(2)10-7-11-6-9-4-3-5-12(9)10;1-8(2)10-5-3-4-9-6-11-7-12(9)10/h3-6,8H,7H2,1-2H3;3-9H,1-2H3;2*3,5-8H,4H2,1-2H3;3-8,12H,1-2H3;4*3-8H,1-2H3. The van der Waals surface area contributed by atoms with Gasteiger partial charge in [0.15, 0.2) is 0 Å². The molecule has 1 amide bonds. The lowest BCUT2D eigenvalue weighted by molar-refractivity contribution is -0.117. The zero-order valence-electron chi connectivity index (χ0n) is 67.4. The zero-order valence-corrected chi connectivity index (χ0v) is 67.4. The second kappa shape index (κ2) is 38.0. The second-order valence-corrected chi connectivity index (χ2v) is 30.8. The molecule has 2 aliphatic carbocycles. The van der Waals surface area contributed by atoms with Crippen molar-refractivity contribution >= 4 is 62.4 Å². The Hall–Kier alpha value is -11.3. The van der Waals surface area contributed by atoms with Crippen molar-refractivity contribution in [3.05, 3.63) is 324 Å². The molecule has 0 unspecified atom stereocenters. The minimum Gasteiger partial charge on any atom is -0.361 e. The number of amides is 1. The molecule has 1 N–H and O–H groups in total. The molecule has 14 nitrogen and oxygen atoms in total. The van der Waals surface area contributed by atoms with Gasteiger partial charge in [0, 0.05) is 113 Å². The van der Waals surface area contributed by atoms with Gasteiger partial charge in [-0.1, -0.05) is 196 Å². The number of hydrogen-bond acceptors (Lipinski definition) is 7. The molecular formula is C95H113N13O. The van der Waals surface area contributed by atoms with E-state index in [-0.39, 0.29) is 11.9 Å². The molecule has 0 atom stereocenters. The first-order valence-electron chi connectivity index (χ1n) is 38.9. The largest absolute Gasteiger partial charge is 0.361 e. The van der Waals surface area contributed by atoms with Crippen LogP contribution < -0.4 is 4.90 Å². The number of para-hydroxylation sites is 2. The fourth-order valence-electron chi connectivity index (χ4n) is 14.0. The molecular weight excluding hydrogens is 1340 g/mol. The monoisotopic (exact) mass is 1450 g/mol. The molecule has 14 heteroatoms. The van der Waals surface area contributed by atoms with Gasteiger partial charge in [-0.15, -0.1) is 0 Å². The fourth-order valence-corrected chi connectivity index (χ4v) is 14.0. The molecule has 1 aliphatic heterocycles. The van der Waals surface area contributed by atoms with Crippen LogP contribution in [-0.2, 0) is 24.1 Å². The van der Waals surface area contributed by atoms with E-state index in [1.54, 1.807) is 0 Å². The number of pyridine rings is 6. The Kier molecular flexibility index (Phi) is 28.0. The van der Waals surface area contributed by atoms with Crippen molar-refractivity contribution in [3.63, 3.8) is 0 Å². The first kappa shape index (κ1) is 80.3. The molecule has 0 spiro atoms. The topological polar surface area (TPSA) is 135 Å². The van der Waals surface area contributed by atoms with Gasteiger partial charge in [-0.25, -0.2) is 15.0 Å². The first-order chi connectivity index (χ1) is 52.5. The molecule has 564 valence electrons. The number of anilines is 1. The maximum atomic E-state index is 11.6. The van der Waals surface area contributed by atoms with Crippen LogP contribution in [0.1, 0.15) is 245 Å². The number of carbonyl (C=O) groups is 1. The lowest BCUT2D eigenvalue weighted by Crippen LogP contribution is -2.33. The Morgan fingerprint density at radius 2 is 0.954 bits per heavy atom.